The largest absolute Gasteiger partial charge is 0.383 e. The van der Waals surface area contributed by atoms with Crippen LogP contribution in [-0.4, -0.2) is 25.8 Å². The van der Waals surface area contributed by atoms with Gasteiger partial charge in [0.15, 0.2) is 0 Å². The number of amides is 2. The molecule has 1 rings (SSSR count). The van der Waals surface area contributed by atoms with Crippen molar-refractivity contribution in [2.75, 3.05) is 19.0 Å². The van der Waals surface area contributed by atoms with Gasteiger partial charge in [0.2, 0.25) is 0 Å². The van der Waals surface area contributed by atoms with Crippen LogP contribution < -0.4 is 10.6 Å². The van der Waals surface area contributed by atoms with E-state index in [-0.39, 0.29) is 12.1 Å². The highest BCUT2D eigenvalue weighted by Crippen LogP contribution is 2.25. The molecule has 0 spiro atoms. The number of urea groups is 1. The minimum absolute atomic E-state index is 0.0609. The Morgan fingerprint density at radius 3 is 2.88 bits per heavy atom. The summed E-state index contributed by atoms with van der Waals surface area (Å²) in [5.74, 6) is 0. The fourth-order valence-electron chi connectivity index (χ4n) is 1.26. The third-order valence-corrected chi connectivity index (χ3v) is 2.78. The van der Waals surface area contributed by atoms with Crippen molar-refractivity contribution in [3.63, 3.8) is 0 Å². The summed E-state index contributed by atoms with van der Waals surface area (Å²) in [6.45, 7) is 2.31. The molecule has 0 saturated carbocycles. The van der Waals surface area contributed by atoms with Crippen LogP contribution in [0.1, 0.15) is 6.92 Å². The van der Waals surface area contributed by atoms with E-state index in [0.29, 0.717) is 17.3 Å². The van der Waals surface area contributed by atoms with Crippen LogP contribution in [0.15, 0.2) is 22.7 Å². The maximum Gasteiger partial charge on any atom is 0.319 e. The summed E-state index contributed by atoms with van der Waals surface area (Å²) in [5.41, 5.74) is 0.567. The predicted octanol–water partition coefficient (Wildman–Crippen LogP) is 3.26. The molecule has 1 atom stereocenters. The van der Waals surface area contributed by atoms with Crippen molar-refractivity contribution in [3.05, 3.63) is 27.7 Å². The zero-order valence-corrected chi connectivity index (χ0v) is 11.9. The lowest BCUT2D eigenvalue weighted by atomic mass is 10.3. The van der Waals surface area contributed by atoms with Gasteiger partial charge < -0.3 is 15.4 Å². The second-order valence-corrected chi connectivity index (χ2v) is 4.90. The van der Waals surface area contributed by atoms with Gasteiger partial charge in [-0.15, -0.1) is 0 Å². The van der Waals surface area contributed by atoms with Gasteiger partial charge in [0.1, 0.15) is 0 Å². The first-order chi connectivity index (χ1) is 8.02. The molecule has 1 aromatic carbocycles. The van der Waals surface area contributed by atoms with Crippen LogP contribution in [0.4, 0.5) is 10.5 Å². The summed E-state index contributed by atoms with van der Waals surface area (Å²) >= 11 is 9.27. The molecule has 0 aliphatic rings. The van der Waals surface area contributed by atoms with Gasteiger partial charge in [-0.1, -0.05) is 27.5 Å². The zero-order chi connectivity index (χ0) is 12.8. The van der Waals surface area contributed by atoms with E-state index in [0.717, 1.165) is 4.47 Å². The molecule has 2 amide bonds. The summed E-state index contributed by atoms with van der Waals surface area (Å²) in [4.78, 5) is 11.6. The standard InChI is InChI=1S/C11H14BrClN2O2/c1-7(6-17-2)14-11(16)15-10-4-3-8(12)5-9(10)13/h3-5,7H,6H2,1-2H3,(H2,14,15,16). The highest BCUT2D eigenvalue weighted by molar-refractivity contribution is 9.10. The minimum atomic E-state index is -0.307. The van der Waals surface area contributed by atoms with E-state index in [9.17, 15) is 4.79 Å². The zero-order valence-electron chi connectivity index (χ0n) is 9.59. The van der Waals surface area contributed by atoms with Gasteiger partial charge >= 0.3 is 6.03 Å². The second kappa shape index (κ2) is 6.83. The molecule has 94 valence electrons. The Labute approximate surface area is 114 Å². The van der Waals surface area contributed by atoms with E-state index in [4.69, 9.17) is 16.3 Å². The lowest BCUT2D eigenvalue weighted by molar-refractivity contribution is 0.173. The van der Waals surface area contributed by atoms with E-state index in [1.807, 2.05) is 6.92 Å². The molecule has 0 aliphatic carbocycles. The summed E-state index contributed by atoms with van der Waals surface area (Å²) < 4.78 is 5.78. The van der Waals surface area contributed by atoms with Crippen LogP contribution in [0.2, 0.25) is 5.02 Å². The van der Waals surface area contributed by atoms with Gasteiger partial charge in [0.05, 0.1) is 23.4 Å². The number of carbonyl (C=O) groups excluding carboxylic acids is 1. The second-order valence-electron chi connectivity index (χ2n) is 3.58. The number of rotatable bonds is 4. The molecule has 0 saturated heterocycles. The Hall–Kier alpha value is -0.780. The van der Waals surface area contributed by atoms with Crippen LogP contribution in [0.3, 0.4) is 0 Å². The number of ether oxygens (including phenoxy) is 1. The summed E-state index contributed by atoms with van der Waals surface area (Å²) in [6.07, 6.45) is 0. The Morgan fingerprint density at radius 1 is 1.59 bits per heavy atom. The van der Waals surface area contributed by atoms with Crippen LogP contribution in [0.5, 0.6) is 0 Å². The molecule has 4 nitrogen and oxygen atoms in total. The van der Waals surface area contributed by atoms with Gasteiger partial charge in [-0.3, -0.25) is 0 Å². The molecule has 0 bridgehead atoms. The number of nitrogens with one attached hydrogen (secondary N) is 2. The predicted molar refractivity (Wildman–Crippen MR) is 72.6 cm³/mol. The number of hydrogen-bond acceptors (Lipinski definition) is 2. The molecule has 0 aromatic heterocycles. The van der Waals surface area contributed by atoms with Crippen molar-refractivity contribution >= 4 is 39.2 Å². The molecule has 0 radical (unpaired) electrons. The maximum atomic E-state index is 11.6. The number of methoxy groups -OCH3 is 1. The number of anilines is 1. The van der Waals surface area contributed by atoms with E-state index < -0.39 is 0 Å². The summed E-state index contributed by atoms with van der Waals surface area (Å²) in [7, 11) is 1.58. The number of halogens is 2. The lowest BCUT2D eigenvalue weighted by Gasteiger charge is -2.14. The summed E-state index contributed by atoms with van der Waals surface area (Å²) in [5, 5.41) is 5.87. The first-order valence-electron chi connectivity index (χ1n) is 5.04. The highest BCUT2D eigenvalue weighted by Gasteiger charge is 2.08. The van der Waals surface area contributed by atoms with Crippen LogP contribution >= 0.6 is 27.5 Å². The van der Waals surface area contributed by atoms with Crippen molar-refractivity contribution in [2.24, 2.45) is 0 Å². The molecular formula is C11H14BrClN2O2. The molecule has 6 heteroatoms. The Bertz CT molecular complexity index is 401. The smallest absolute Gasteiger partial charge is 0.319 e. The first kappa shape index (κ1) is 14.3. The maximum absolute atomic E-state index is 11.6. The van der Waals surface area contributed by atoms with Crippen molar-refractivity contribution < 1.29 is 9.53 Å². The molecule has 0 aliphatic heterocycles. The van der Waals surface area contributed by atoms with Gasteiger partial charge in [-0.2, -0.15) is 0 Å². The van der Waals surface area contributed by atoms with E-state index >= 15 is 0 Å². The quantitative estimate of drug-likeness (QED) is 0.894. The molecular weight excluding hydrogens is 307 g/mol. The Balaban J connectivity index is 2.56. The average molecular weight is 322 g/mol. The minimum Gasteiger partial charge on any atom is -0.383 e. The monoisotopic (exact) mass is 320 g/mol. The van der Waals surface area contributed by atoms with Crippen LogP contribution in [0.25, 0.3) is 0 Å². The summed E-state index contributed by atoms with van der Waals surface area (Å²) in [6, 6.07) is 4.89. The molecule has 2 N–H and O–H groups in total. The van der Waals surface area contributed by atoms with E-state index in [2.05, 4.69) is 26.6 Å². The molecule has 0 fully saturated rings. The third-order valence-electron chi connectivity index (χ3n) is 1.97. The van der Waals surface area contributed by atoms with Crippen molar-refractivity contribution in [2.45, 2.75) is 13.0 Å². The molecule has 0 heterocycles. The van der Waals surface area contributed by atoms with E-state index in [1.54, 1.807) is 25.3 Å². The normalized spacial score (nSPS) is 12.0. The lowest BCUT2D eigenvalue weighted by Crippen LogP contribution is -2.38. The SMILES string of the molecule is COCC(C)NC(=O)Nc1ccc(Br)cc1Cl. The fraction of sp³-hybridized carbons (Fsp3) is 0.364. The molecule has 1 unspecified atom stereocenters. The number of hydrogen-bond donors (Lipinski definition) is 2. The third kappa shape index (κ3) is 4.93. The van der Waals surface area contributed by atoms with Crippen molar-refractivity contribution in [1.29, 1.82) is 0 Å². The first-order valence-corrected chi connectivity index (χ1v) is 6.21. The molecule has 1 aromatic rings. The van der Waals surface area contributed by atoms with Crippen LogP contribution in [-0.2, 0) is 4.74 Å². The average Bonchev–Trinajstić information content (AvgIpc) is 2.22. The van der Waals surface area contributed by atoms with Gasteiger partial charge in [0.25, 0.3) is 0 Å². The number of carbonyl (C=O) groups is 1. The van der Waals surface area contributed by atoms with Crippen molar-refractivity contribution in [3.8, 4) is 0 Å². The van der Waals surface area contributed by atoms with Crippen LogP contribution in [0, 0.1) is 0 Å². The Kier molecular flexibility index (Phi) is 5.74. The fourth-order valence-corrected chi connectivity index (χ4v) is 1.99. The molecule has 17 heavy (non-hydrogen) atoms. The van der Waals surface area contributed by atoms with Crippen molar-refractivity contribution in [1.82, 2.24) is 5.32 Å². The number of benzene rings is 1. The topological polar surface area (TPSA) is 50.4 Å². The Morgan fingerprint density at radius 2 is 2.29 bits per heavy atom. The van der Waals surface area contributed by atoms with Gasteiger partial charge in [-0.05, 0) is 25.1 Å². The van der Waals surface area contributed by atoms with Gasteiger partial charge in [-0.25, -0.2) is 4.79 Å². The van der Waals surface area contributed by atoms with Gasteiger partial charge in [0, 0.05) is 11.6 Å². The highest BCUT2D eigenvalue weighted by atomic mass is 79.9. The van der Waals surface area contributed by atoms with E-state index in [1.165, 1.54) is 0 Å².